The minimum Gasteiger partial charge on any atom is -0.451 e. The molecule has 4 saturated heterocycles. The molecule has 7 aliphatic heterocycles. The standard InChI is InChI=1S/C38H55NO11/c1-7-11-31(42)39-17-10-8-9-12-28-27(41)18-22(2)26(40)21-25-19-24(4)38(48-25)16-15-36(5)30(50-38)14-13-29(49-36)33-34(47-33)35(44)37(6,45)23(3)20-32(43)46-28/h8-10,17,20,22,24-25,28-30,33-35,44-45H,7,11-16,18-19,21H2,1-6H3,(H,39,42)/b9-8+,17-10-,23-20+/t22-,24+,25-,28+,29+,30-,33-,34+,35-,36+,37-,38-/m1/s1. The molecule has 1 spiro atoms. The van der Waals surface area contributed by atoms with E-state index in [1.54, 1.807) is 25.2 Å². The molecule has 1 amide bonds. The number of amides is 1. The monoisotopic (exact) mass is 701 g/mol. The smallest absolute Gasteiger partial charge is 0.331 e. The second kappa shape index (κ2) is 15.5. The van der Waals surface area contributed by atoms with E-state index >= 15 is 0 Å². The molecule has 4 fully saturated rings. The number of aliphatic hydroxyl groups is 2. The number of nitrogens with one attached hydrogen (secondary N) is 1. The third kappa shape index (κ3) is 8.48. The maximum Gasteiger partial charge on any atom is 0.331 e. The van der Waals surface area contributed by atoms with E-state index in [9.17, 15) is 29.4 Å². The molecule has 0 aromatic carbocycles. The molecule has 278 valence electrons. The number of ketones is 2. The van der Waals surface area contributed by atoms with Crippen molar-refractivity contribution in [2.75, 3.05) is 0 Å². The van der Waals surface area contributed by atoms with Crippen molar-refractivity contribution in [1.82, 2.24) is 5.32 Å². The van der Waals surface area contributed by atoms with E-state index < -0.39 is 59.1 Å². The van der Waals surface area contributed by atoms with Crippen molar-refractivity contribution >= 4 is 23.4 Å². The van der Waals surface area contributed by atoms with Gasteiger partial charge in [-0.3, -0.25) is 14.4 Å². The summed E-state index contributed by atoms with van der Waals surface area (Å²) in [7, 11) is 0. The summed E-state index contributed by atoms with van der Waals surface area (Å²) in [6.07, 6.45) is 7.22. The second-order valence-electron chi connectivity index (χ2n) is 15.3. The Balaban J connectivity index is 1.36. The predicted octanol–water partition coefficient (Wildman–Crippen LogP) is 3.91. The number of hydrogen-bond acceptors (Lipinski definition) is 11. The molecular weight excluding hydrogens is 646 g/mol. The molecule has 3 N–H and O–H groups in total. The van der Waals surface area contributed by atoms with Crippen molar-refractivity contribution < 1.29 is 53.1 Å². The van der Waals surface area contributed by atoms with Gasteiger partial charge in [0.05, 0.1) is 23.9 Å². The van der Waals surface area contributed by atoms with Crippen LogP contribution in [-0.2, 0) is 42.9 Å². The highest BCUT2D eigenvalue weighted by Gasteiger charge is 2.61. The number of hydrogen-bond donors (Lipinski definition) is 3. The Morgan fingerprint density at radius 2 is 1.78 bits per heavy atom. The third-order valence-electron chi connectivity index (χ3n) is 11.3. The molecule has 50 heavy (non-hydrogen) atoms. The van der Waals surface area contributed by atoms with Crippen molar-refractivity contribution in [3.63, 3.8) is 0 Å². The van der Waals surface area contributed by atoms with Crippen LogP contribution in [0.3, 0.4) is 0 Å². The number of carbonyl (C=O) groups excluding carboxylic acids is 4. The molecule has 7 heterocycles. The first-order chi connectivity index (χ1) is 23.6. The zero-order valence-electron chi connectivity index (χ0n) is 30.2. The molecular formula is C38H55NO11. The fourth-order valence-electron chi connectivity index (χ4n) is 7.79. The lowest BCUT2D eigenvalue weighted by molar-refractivity contribution is -0.344. The maximum atomic E-state index is 13.5. The Kier molecular flexibility index (Phi) is 11.9. The Labute approximate surface area is 294 Å². The minimum absolute atomic E-state index is 0.0206. The minimum atomic E-state index is -1.85. The van der Waals surface area contributed by atoms with Gasteiger partial charge in [0.25, 0.3) is 0 Å². The van der Waals surface area contributed by atoms with Crippen LogP contribution in [0.1, 0.15) is 106 Å². The Hall–Kier alpha value is -2.74. The van der Waals surface area contributed by atoms with Gasteiger partial charge in [0.15, 0.2) is 17.7 Å². The predicted molar refractivity (Wildman–Crippen MR) is 181 cm³/mol. The highest BCUT2D eigenvalue weighted by Crippen LogP contribution is 2.52. The number of rotatable bonds is 6. The lowest BCUT2D eigenvalue weighted by Gasteiger charge is -2.53. The lowest BCUT2D eigenvalue weighted by Crippen LogP contribution is -2.60. The number of aliphatic hydroxyl groups excluding tert-OH is 1. The zero-order valence-corrected chi connectivity index (χ0v) is 30.2. The molecule has 0 saturated carbocycles. The van der Waals surface area contributed by atoms with Crippen LogP contribution in [0.15, 0.2) is 36.1 Å². The second-order valence-corrected chi connectivity index (χ2v) is 15.3. The molecule has 0 aliphatic carbocycles. The van der Waals surface area contributed by atoms with E-state index in [0.717, 1.165) is 12.5 Å². The molecule has 0 aromatic rings. The van der Waals surface area contributed by atoms with Crippen molar-refractivity contribution in [3.05, 3.63) is 36.1 Å². The molecule has 5 bridgehead atoms. The maximum absolute atomic E-state index is 13.5. The highest BCUT2D eigenvalue weighted by molar-refractivity contribution is 5.92. The normalized spacial score (nSPS) is 44.0. The van der Waals surface area contributed by atoms with Crippen molar-refractivity contribution in [2.24, 2.45) is 11.8 Å². The van der Waals surface area contributed by atoms with Gasteiger partial charge in [0.2, 0.25) is 5.91 Å². The van der Waals surface area contributed by atoms with Gasteiger partial charge in [-0.05, 0) is 64.5 Å². The van der Waals surface area contributed by atoms with Gasteiger partial charge in [-0.1, -0.05) is 32.9 Å². The van der Waals surface area contributed by atoms with Crippen LogP contribution in [0.2, 0.25) is 0 Å². The van der Waals surface area contributed by atoms with E-state index in [1.165, 1.54) is 20.0 Å². The van der Waals surface area contributed by atoms with E-state index in [-0.39, 0.29) is 60.8 Å². The number of carbonyl (C=O) groups is 4. The van der Waals surface area contributed by atoms with Gasteiger partial charge >= 0.3 is 5.97 Å². The zero-order chi connectivity index (χ0) is 36.4. The summed E-state index contributed by atoms with van der Waals surface area (Å²) in [5.74, 6) is -2.95. The number of epoxide rings is 1. The average Bonchev–Trinajstić information content (AvgIpc) is 3.79. The van der Waals surface area contributed by atoms with E-state index in [0.29, 0.717) is 38.5 Å². The van der Waals surface area contributed by atoms with E-state index in [2.05, 4.69) is 12.2 Å². The molecule has 7 rings (SSSR count). The molecule has 12 atom stereocenters. The van der Waals surface area contributed by atoms with Crippen LogP contribution in [0.5, 0.6) is 0 Å². The van der Waals surface area contributed by atoms with E-state index in [1.807, 2.05) is 13.8 Å². The van der Waals surface area contributed by atoms with Gasteiger partial charge in [0.1, 0.15) is 29.7 Å². The van der Waals surface area contributed by atoms with Crippen LogP contribution in [0, 0.1) is 11.8 Å². The fourth-order valence-corrected chi connectivity index (χ4v) is 7.79. The highest BCUT2D eigenvalue weighted by atomic mass is 16.7. The first kappa shape index (κ1) is 38.5. The number of fused-ring (bicyclic) bond motifs is 2. The summed E-state index contributed by atoms with van der Waals surface area (Å²) in [6, 6.07) is 0. The summed E-state index contributed by atoms with van der Waals surface area (Å²) in [5.41, 5.74) is -2.31. The van der Waals surface area contributed by atoms with Crippen molar-refractivity contribution in [1.29, 1.82) is 0 Å². The first-order valence-corrected chi connectivity index (χ1v) is 18.2. The summed E-state index contributed by atoms with van der Waals surface area (Å²) in [5, 5.41) is 25.3. The van der Waals surface area contributed by atoms with Crippen LogP contribution < -0.4 is 5.32 Å². The molecule has 0 radical (unpaired) electrons. The quantitative estimate of drug-likeness (QED) is 0.209. The molecule has 7 aliphatic rings. The van der Waals surface area contributed by atoms with Gasteiger partial charge in [-0.15, -0.1) is 0 Å². The molecule has 0 aromatic heterocycles. The summed E-state index contributed by atoms with van der Waals surface area (Å²) in [6.45, 7) is 10.6. The first-order valence-electron chi connectivity index (χ1n) is 18.2. The number of esters is 1. The number of ether oxygens (including phenoxy) is 5. The topological polar surface area (TPSA) is 170 Å². The SMILES string of the molecule is CCCC(=O)N/C=C\C=C\C[C@@H]1OC(=O)/C=C(\C)[C@@](C)(O)[C@H](O)[C@H]2O[C@@H]2[C@@H]2CC[C@H]3O[C@@]4(CC[C@]3(C)O2)O[C@@H](CC(=O)[C@H](C)CC1=O)C[C@@H]4C. The van der Waals surface area contributed by atoms with Crippen LogP contribution in [0.4, 0.5) is 0 Å². The summed E-state index contributed by atoms with van der Waals surface area (Å²) >= 11 is 0. The van der Waals surface area contributed by atoms with E-state index in [4.69, 9.17) is 23.7 Å². The van der Waals surface area contributed by atoms with Crippen molar-refractivity contribution in [3.8, 4) is 0 Å². The van der Waals surface area contributed by atoms with Crippen LogP contribution in [-0.4, -0.2) is 93.4 Å². The number of allylic oxidation sites excluding steroid dienone is 2. The fraction of sp³-hybridized carbons (Fsp3) is 0.737. The largest absolute Gasteiger partial charge is 0.451 e. The van der Waals surface area contributed by atoms with Gasteiger partial charge in [0, 0.05) is 56.2 Å². The summed E-state index contributed by atoms with van der Waals surface area (Å²) in [4.78, 5) is 51.8. The third-order valence-corrected chi connectivity index (χ3v) is 11.3. The Morgan fingerprint density at radius 1 is 1.02 bits per heavy atom. The van der Waals surface area contributed by atoms with Crippen LogP contribution >= 0.6 is 0 Å². The van der Waals surface area contributed by atoms with Gasteiger partial charge in [-0.2, -0.15) is 0 Å². The molecule has 0 unspecified atom stereocenters. The van der Waals surface area contributed by atoms with Crippen molar-refractivity contribution in [2.45, 2.75) is 165 Å². The molecule has 12 heteroatoms. The Morgan fingerprint density at radius 3 is 2.52 bits per heavy atom. The lowest BCUT2D eigenvalue weighted by atomic mass is 9.78. The molecule has 12 nitrogen and oxygen atoms in total. The number of Topliss-reactive ketones (excluding diaryl/α,β-unsaturated/α-hetero) is 2. The average molecular weight is 702 g/mol. The van der Waals surface area contributed by atoms with Gasteiger partial charge < -0.3 is 39.2 Å². The van der Waals surface area contributed by atoms with Gasteiger partial charge in [-0.25, -0.2) is 4.79 Å². The Bertz CT molecular complexity index is 1390. The summed E-state index contributed by atoms with van der Waals surface area (Å²) < 4.78 is 31.4. The van der Waals surface area contributed by atoms with Crippen LogP contribution in [0.25, 0.3) is 0 Å².